The van der Waals surface area contributed by atoms with Crippen molar-refractivity contribution >= 4 is 0 Å². The van der Waals surface area contributed by atoms with E-state index >= 15 is 0 Å². The van der Waals surface area contributed by atoms with Gasteiger partial charge in [-0.05, 0) is 38.4 Å². The first-order chi connectivity index (χ1) is 6.47. The topological polar surface area (TPSA) is 24.1 Å². The van der Waals surface area contributed by atoms with Crippen molar-refractivity contribution in [2.45, 2.75) is 46.6 Å². The maximum atomic E-state index is 3.52. The van der Waals surface area contributed by atoms with E-state index in [0.29, 0.717) is 0 Å². The maximum absolute atomic E-state index is 3.52. The molecule has 2 rings (SSSR count). The highest BCUT2D eigenvalue weighted by Gasteiger charge is 2.28. The Morgan fingerprint density at radius 3 is 2.23 bits per heavy atom. The fraction of sp³-hybridized carbons (Fsp3) is 1.00. The van der Waals surface area contributed by atoms with Crippen LogP contribution in [0.3, 0.4) is 0 Å². The molecule has 0 saturated carbocycles. The minimum Gasteiger partial charge on any atom is -0.316 e. The average molecular weight is 186 g/mol. The third-order valence-corrected chi connectivity index (χ3v) is 2.53. The van der Waals surface area contributed by atoms with Crippen LogP contribution in [0.4, 0.5) is 0 Å². The van der Waals surface area contributed by atoms with Gasteiger partial charge < -0.3 is 10.6 Å². The van der Waals surface area contributed by atoms with Crippen molar-refractivity contribution in [1.82, 2.24) is 10.6 Å². The van der Waals surface area contributed by atoms with Crippen molar-refractivity contribution in [2.24, 2.45) is 5.92 Å². The van der Waals surface area contributed by atoms with Crippen LogP contribution in [0.5, 0.6) is 0 Å². The van der Waals surface area contributed by atoms with Gasteiger partial charge in [-0.15, -0.1) is 0 Å². The molecule has 2 fully saturated rings. The van der Waals surface area contributed by atoms with Gasteiger partial charge in [0, 0.05) is 6.04 Å². The minimum atomic E-state index is 0.853. The summed E-state index contributed by atoms with van der Waals surface area (Å²) in [5.41, 5.74) is 0. The van der Waals surface area contributed by atoms with Gasteiger partial charge in [-0.1, -0.05) is 27.7 Å². The van der Waals surface area contributed by atoms with Gasteiger partial charge >= 0.3 is 0 Å². The zero-order valence-electron chi connectivity index (χ0n) is 9.69. The second kappa shape index (κ2) is 8.52. The molecule has 2 N–H and O–H groups in total. The van der Waals surface area contributed by atoms with Crippen LogP contribution in [0.25, 0.3) is 0 Å². The zero-order valence-corrected chi connectivity index (χ0v) is 9.69. The summed E-state index contributed by atoms with van der Waals surface area (Å²) < 4.78 is 0. The van der Waals surface area contributed by atoms with Crippen LogP contribution >= 0.6 is 0 Å². The SMILES string of the molecule is C1CC2NCCC2CN1.CC.CC. The van der Waals surface area contributed by atoms with Crippen molar-refractivity contribution in [3.63, 3.8) is 0 Å². The summed E-state index contributed by atoms with van der Waals surface area (Å²) in [7, 11) is 0. The van der Waals surface area contributed by atoms with E-state index in [-0.39, 0.29) is 0 Å². The smallest absolute Gasteiger partial charge is 0.0120 e. The normalized spacial score (nSPS) is 30.5. The van der Waals surface area contributed by atoms with E-state index in [1.54, 1.807) is 0 Å². The van der Waals surface area contributed by atoms with Crippen molar-refractivity contribution in [1.29, 1.82) is 0 Å². The van der Waals surface area contributed by atoms with E-state index in [1.165, 1.54) is 32.5 Å². The lowest BCUT2D eigenvalue weighted by atomic mass is 9.95. The molecule has 0 aromatic carbocycles. The Morgan fingerprint density at radius 2 is 1.62 bits per heavy atom. The lowest BCUT2D eigenvalue weighted by Crippen LogP contribution is -2.41. The van der Waals surface area contributed by atoms with Gasteiger partial charge in [0.15, 0.2) is 0 Å². The standard InChI is InChI=1S/C7H14N2.2C2H6/c1-4-9-7-2-3-8-5-6(1)7;2*1-2/h6-9H,1-5H2;2*1-2H3. The molecule has 0 amide bonds. The fourth-order valence-electron chi connectivity index (χ4n) is 1.95. The molecule has 80 valence electrons. The summed E-state index contributed by atoms with van der Waals surface area (Å²) in [5, 5.41) is 6.93. The summed E-state index contributed by atoms with van der Waals surface area (Å²) in [4.78, 5) is 0. The molecule has 2 nitrogen and oxygen atoms in total. The van der Waals surface area contributed by atoms with Crippen LogP contribution in [-0.4, -0.2) is 25.7 Å². The van der Waals surface area contributed by atoms with E-state index in [1.807, 2.05) is 27.7 Å². The molecule has 2 atom stereocenters. The first-order valence-corrected chi connectivity index (χ1v) is 5.91. The Kier molecular flexibility index (Phi) is 8.46. The quantitative estimate of drug-likeness (QED) is 0.605. The fourth-order valence-corrected chi connectivity index (χ4v) is 1.95. The minimum absolute atomic E-state index is 0.853. The van der Waals surface area contributed by atoms with Crippen molar-refractivity contribution in [3.05, 3.63) is 0 Å². The van der Waals surface area contributed by atoms with Crippen molar-refractivity contribution < 1.29 is 0 Å². The lowest BCUT2D eigenvalue weighted by Gasteiger charge is -2.25. The van der Waals surface area contributed by atoms with Crippen LogP contribution in [0.15, 0.2) is 0 Å². The largest absolute Gasteiger partial charge is 0.316 e. The monoisotopic (exact) mass is 186 g/mol. The highest BCUT2D eigenvalue weighted by atomic mass is 15.0. The van der Waals surface area contributed by atoms with Gasteiger partial charge in [-0.2, -0.15) is 0 Å². The molecule has 0 spiro atoms. The molecule has 2 saturated heterocycles. The third kappa shape index (κ3) is 4.10. The summed E-state index contributed by atoms with van der Waals surface area (Å²) in [6, 6.07) is 0.853. The van der Waals surface area contributed by atoms with Gasteiger partial charge in [0.1, 0.15) is 0 Å². The van der Waals surface area contributed by atoms with Crippen molar-refractivity contribution in [3.8, 4) is 0 Å². The van der Waals surface area contributed by atoms with Gasteiger partial charge in [0.05, 0.1) is 0 Å². The molecular weight excluding hydrogens is 160 g/mol. The Morgan fingerprint density at radius 1 is 0.923 bits per heavy atom. The lowest BCUT2D eigenvalue weighted by molar-refractivity contribution is 0.344. The molecule has 0 aromatic heterocycles. The first-order valence-electron chi connectivity index (χ1n) is 5.91. The molecule has 0 aromatic rings. The van der Waals surface area contributed by atoms with Gasteiger partial charge in [0.2, 0.25) is 0 Å². The average Bonchev–Trinajstić information content (AvgIpc) is 2.71. The molecule has 2 unspecified atom stereocenters. The van der Waals surface area contributed by atoms with Crippen LogP contribution < -0.4 is 10.6 Å². The van der Waals surface area contributed by atoms with Crippen LogP contribution in [-0.2, 0) is 0 Å². The predicted octanol–water partition coefficient (Wildman–Crippen LogP) is 2.01. The molecule has 13 heavy (non-hydrogen) atoms. The van der Waals surface area contributed by atoms with Crippen molar-refractivity contribution in [2.75, 3.05) is 19.6 Å². The second-order valence-corrected chi connectivity index (χ2v) is 3.10. The summed E-state index contributed by atoms with van der Waals surface area (Å²) >= 11 is 0. The summed E-state index contributed by atoms with van der Waals surface area (Å²) in [6.45, 7) is 11.7. The Labute approximate surface area is 83.5 Å². The highest BCUT2D eigenvalue weighted by Crippen LogP contribution is 2.19. The third-order valence-electron chi connectivity index (χ3n) is 2.53. The molecule has 0 aliphatic carbocycles. The van der Waals surface area contributed by atoms with Gasteiger partial charge in [-0.25, -0.2) is 0 Å². The zero-order chi connectivity index (χ0) is 10.1. The van der Waals surface area contributed by atoms with Crippen LogP contribution in [0.1, 0.15) is 40.5 Å². The van der Waals surface area contributed by atoms with E-state index < -0.39 is 0 Å². The van der Waals surface area contributed by atoms with Gasteiger partial charge in [-0.3, -0.25) is 0 Å². The second-order valence-electron chi connectivity index (χ2n) is 3.10. The molecule has 2 heterocycles. The van der Waals surface area contributed by atoms with E-state index in [0.717, 1.165) is 12.0 Å². The van der Waals surface area contributed by atoms with E-state index in [4.69, 9.17) is 0 Å². The number of hydrogen-bond acceptors (Lipinski definition) is 2. The predicted molar refractivity (Wildman–Crippen MR) is 60.1 cm³/mol. The number of rotatable bonds is 0. The molecule has 0 radical (unpaired) electrons. The Balaban J connectivity index is 0.000000322. The molecule has 2 aliphatic rings. The molecule has 2 heteroatoms. The first kappa shape index (κ1) is 12.9. The number of hydrogen-bond donors (Lipinski definition) is 2. The number of nitrogens with one attached hydrogen (secondary N) is 2. The molecule has 2 aliphatic heterocycles. The summed E-state index contributed by atoms with van der Waals surface area (Å²) in [5.74, 6) is 0.943. The van der Waals surface area contributed by atoms with E-state index in [9.17, 15) is 0 Å². The van der Waals surface area contributed by atoms with Gasteiger partial charge in [0.25, 0.3) is 0 Å². The molecule has 0 bridgehead atoms. The number of fused-ring (bicyclic) bond motifs is 1. The Bertz CT molecular complexity index is 92.3. The van der Waals surface area contributed by atoms with Crippen LogP contribution in [0.2, 0.25) is 0 Å². The molecular formula is C11H26N2. The summed E-state index contributed by atoms with van der Waals surface area (Å²) in [6.07, 6.45) is 2.72. The van der Waals surface area contributed by atoms with Crippen LogP contribution in [0, 0.1) is 5.92 Å². The maximum Gasteiger partial charge on any atom is 0.0120 e. The highest BCUT2D eigenvalue weighted by molar-refractivity contribution is 4.88. The van der Waals surface area contributed by atoms with E-state index in [2.05, 4.69) is 10.6 Å². The Hall–Kier alpha value is -0.0800. The number of piperidine rings is 1.